The Hall–Kier alpha value is -1.11. The molecule has 1 aromatic rings. The smallest absolute Gasteiger partial charge is 0.242 e. The second-order valence-corrected chi connectivity index (χ2v) is 6.80. The maximum Gasteiger partial charge on any atom is 0.242 e. The molecule has 0 radical (unpaired) electrons. The fraction of sp³-hybridized carbons (Fsp3) is 0.462. The number of anilines is 1. The fourth-order valence-electron chi connectivity index (χ4n) is 1.43. The second kappa shape index (κ2) is 7.61. The van der Waals surface area contributed by atoms with Gasteiger partial charge in [-0.2, -0.15) is 0 Å². The summed E-state index contributed by atoms with van der Waals surface area (Å²) in [4.78, 5) is 11.6. The van der Waals surface area contributed by atoms with Crippen molar-refractivity contribution in [2.75, 3.05) is 11.9 Å². The number of carbonyl (C=O) groups excluding carboxylic acids is 1. The minimum absolute atomic E-state index is 0.172. The summed E-state index contributed by atoms with van der Waals surface area (Å²) < 4.78 is 26.4. The summed E-state index contributed by atoms with van der Waals surface area (Å²) in [6.07, 6.45) is 1.71. The average molecular weight is 319 g/mol. The molecule has 0 spiro atoms. The van der Waals surface area contributed by atoms with Gasteiger partial charge in [-0.25, -0.2) is 13.1 Å². The van der Waals surface area contributed by atoms with E-state index in [0.717, 1.165) is 12.8 Å². The van der Waals surface area contributed by atoms with Gasteiger partial charge in [-0.1, -0.05) is 13.3 Å². The highest BCUT2D eigenvalue weighted by atomic mass is 35.5. The molecule has 0 aliphatic carbocycles. The highest BCUT2D eigenvalue weighted by Gasteiger charge is 2.14. The van der Waals surface area contributed by atoms with Crippen LogP contribution >= 0.6 is 11.6 Å². The van der Waals surface area contributed by atoms with Gasteiger partial charge in [0.1, 0.15) is 5.38 Å². The summed E-state index contributed by atoms with van der Waals surface area (Å²) in [6, 6.07) is 5.96. The van der Waals surface area contributed by atoms with E-state index in [9.17, 15) is 13.2 Å². The third-order valence-corrected chi connectivity index (χ3v) is 4.29. The SMILES string of the molecule is CCCCNS(=O)(=O)c1ccc(NC(=O)[C@@H](C)Cl)cc1. The van der Waals surface area contributed by atoms with Crippen molar-refractivity contribution < 1.29 is 13.2 Å². The van der Waals surface area contributed by atoms with Crippen LogP contribution in [0.25, 0.3) is 0 Å². The molecule has 0 aromatic heterocycles. The molecule has 0 saturated heterocycles. The van der Waals surface area contributed by atoms with Gasteiger partial charge in [-0.3, -0.25) is 4.79 Å². The van der Waals surface area contributed by atoms with Gasteiger partial charge < -0.3 is 5.32 Å². The number of benzene rings is 1. The molecule has 2 N–H and O–H groups in total. The Bertz CT molecular complexity index is 541. The third kappa shape index (κ3) is 5.11. The lowest BCUT2D eigenvalue weighted by molar-refractivity contribution is -0.115. The zero-order valence-electron chi connectivity index (χ0n) is 11.5. The number of hydrogen-bond acceptors (Lipinski definition) is 3. The van der Waals surface area contributed by atoms with Crippen LogP contribution in [0, 0.1) is 0 Å². The Kier molecular flexibility index (Phi) is 6.45. The number of nitrogens with one attached hydrogen (secondary N) is 2. The minimum atomic E-state index is -3.48. The standard InChI is InChI=1S/C13H19ClN2O3S/c1-3-4-9-15-20(18,19)12-7-5-11(6-8-12)16-13(17)10(2)14/h5-8,10,15H,3-4,9H2,1-2H3,(H,16,17)/t10-/m1/s1. The van der Waals surface area contributed by atoms with E-state index in [2.05, 4.69) is 10.0 Å². The minimum Gasteiger partial charge on any atom is -0.325 e. The van der Waals surface area contributed by atoms with Crippen LogP contribution in [0.3, 0.4) is 0 Å². The summed E-state index contributed by atoms with van der Waals surface area (Å²) in [5, 5.41) is 1.94. The van der Waals surface area contributed by atoms with Gasteiger partial charge in [0.2, 0.25) is 15.9 Å². The van der Waals surface area contributed by atoms with Crippen molar-refractivity contribution in [2.24, 2.45) is 0 Å². The first kappa shape index (κ1) is 16.9. The molecule has 7 heteroatoms. The molecular weight excluding hydrogens is 300 g/mol. The molecule has 1 aromatic carbocycles. The lowest BCUT2D eigenvalue weighted by atomic mass is 10.3. The first-order valence-electron chi connectivity index (χ1n) is 6.41. The highest BCUT2D eigenvalue weighted by molar-refractivity contribution is 7.89. The topological polar surface area (TPSA) is 75.3 Å². The molecule has 0 saturated carbocycles. The van der Waals surface area contributed by atoms with E-state index in [1.807, 2.05) is 6.92 Å². The molecule has 0 heterocycles. The Morgan fingerprint density at radius 2 is 1.90 bits per heavy atom. The van der Waals surface area contributed by atoms with Gasteiger partial charge in [0.25, 0.3) is 0 Å². The molecule has 0 bridgehead atoms. The quantitative estimate of drug-likeness (QED) is 0.598. The first-order valence-corrected chi connectivity index (χ1v) is 8.33. The normalized spacial score (nSPS) is 12.9. The molecule has 1 atom stereocenters. The van der Waals surface area contributed by atoms with Gasteiger partial charge in [-0.05, 0) is 37.6 Å². The highest BCUT2D eigenvalue weighted by Crippen LogP contribution is 2.14. The van der Waals surface area contributed by atoms with E-state index in [-0.39, 0.29) is 10.8 Å². The molecule has 20 heavy (non-hydrogen) atoms. The van der Waals surface area contributed by atoms with Crippen LogP contribution in [0.1, 0.15) is 26.7 Å². The van der Waals surface area contributed by atoms with E-state index < -0.39 is 15.4 Å². The molecule has 0 unspecified atom stereocenters. The van der Waals surface area contributed by atoms with E-state index in [0.29, 0.717) is 12.2 Å². The molecule has 1 rings (SSSR count). The Balaban J connectivity index is 2.73. The van der Waals surface area contributed by atoms with Crippen molar-refractivity contribution in [1.29, 1.82) is 0 Å². The second-order valence-electron chi connectivity index (χ2n) is 4.38. The van der Waals surface area contributed by atoms with Crippen LogP contribution < -0.4 is 10.0 Å². The summed E-state index contributed by atoms with van der Waals surface area (Å²) in [6.45, 7) is 3.97. The molecule has 0 aliphatic rings. The number of unbranched alkanes of at least 4 members (excludes halogenated alkanes) is 1. The van der Waals surface area contributed by atoms with Crippen molar-refractivity contribution in [3.63, 3.8) is 0 Å². The van der Waals surface area contributed by atoms with Crippen LogP contribution in [0.15, 0.2) is 29.2 Å². The van der Waals surface area contributed by atoms with Crippen molar-refractivity contribution in [1.82, 2.24) is 4.72 Å². The van der Waals surface area contributed by atoms with Crippen LogP contribution in [-0.2, 0) is 14.8 Å². The fourth-order valence-corrected chi connectivity index (χ4v) is 2.55. The van der Waals surface area contributed by atoms with E-state index in [1.165, 1.54) is 24.3 Å². The van der Waals surface area contributed by atoms with E-state index in [1.54, 1.807) is 6.92 Å². The number of alkyl halides is 1. The van der Waals surface area contributed by atoms with Gasteiger partial charge in [0.15, 0.2) is 0 Å². The maximum absolute atomic E-state index is 11.9. The monoisotopic (exact) mass is 318 g/mol. The summed E-state index contributed by atoms with van der Waals surface area (Å²) in [5.41, 5.74) is 0.509. The van der Waals surface area contributed by atoms with Crippen molar-refractivity contribution >= 4 is 33.2 Å². The van der Waals surface area contributed by atoms with Crippen molar-refractivity contribution in [2.45, 2.75) is 37.0 Å². The predicted octanol–water partition coefficient (Wildman–Crippen LogP) is 2.33. The largest absolute Gasteiger partial charge is 0.325 e. The molecule has 5 nitrogen and oxygen atoms in total. The Morgan fingerprint density at radius 3 is 2.40 bits per heavy atom. The van der Waals surface area contributed by atoms with Crippen LogP contribution in [0.5, 0.6) is 0 Å². The lowest BCUT2D eigenvalue weighted by Crippen LogP contribution is -2.24. The van der Waals surface area contributed by atoms with Gasteiger partial charge in [0.05, 0.1) is 4.90 Å². The molecular formula is C13H19ClN2O3S. The average Bonchev–Trinajstić information content (AvgIpc) is 2.39. The number of rotatable bonds is 7. The molecule has 112 valence electrons. The number of hydrogen-bond donors (Lipinski definition) is 2. The van der Waals surface area contributed by atoms with Crippen LogP contribution in [0.2, 0.25) is 0 Å². The Labute approximate surface area is 124 Å². The van der Waals surface area contributed by atoms with Crippen molar-refractivity contribution in [3.8, 4) is 0 Å². The third-order valence-electron chi connectivity index (χ3n) is 2.62. The summed E-state index contributed by atoms with van der Waals surface area (Å²) >= 11 is 5.63. The summed E-state index contributed by atoms with van der Waals surface area (Å²) in [7, 11) is -3.48. The number of halogens is 1. The zero-order valence-corrected chi connectivity index (χ0v) is 13.1. The van der Waals surface area contributed by atoms with Crippen molar-refractivity contribution in [3.05, 3.63) is 24.3 Å². The van der Waals surface area contributed by atoms with Gasteiger partial charge in [0, 0.05) is 12.2 Å². The molecule has 0 fully saturated rings. The Morgan fingerprint density at radius 1 is 1.30 bits per heavy atom. The number of sulfonamides is 1. The zero-order chi connectivity index (χ0) is 15.2. The molecule has 1 amide bonds. The van der Waals surface area contributed by atoms with Crippen LogP contribution in [-0.4, -0.2) is 26.2 Å². The lowest BCUT2D eigenvalue weighted by Gasteiger charge is -2.09. The van der Waals surface area contributed by atoms with E-state index >= 15 is 0 Å². The first-order chi connectivity index (χ1) is 9.36. The predicted molar refractivity (Wildman–Crippen MR) is 80.5 cm³/mol. The molecule has 0 aliphatic heterocycles. The van der Waals surface area contributed by atoms with Crippen LogP contribution in [0.4, 0.5) is 5.69 Å². The van der Waals surface area contributed by atoms with E-state index in [4.69, 9.17) is 11.6 Å². The van der Waals surface area contributed by atoms with Gasteiger partial charge in [-0.15, -0.1) is 11.6 Å². The van der Waals surface area contributed by atoms with Gasteiger partial charge >= 0.3 is 0 Å². The summed E-state index contributed by atoms with van der Waals surface area (Å²) in [5.74, 6) is -0.330. The maximum atomic E-state index is 11.9. The number of amides is 1. The number of carbonyl (C=O) groups is 1.